The third kappa shape index (κ3) is 3.85. The van der Waals surface area contributed by atoms with Crippen LogP contribution in [0, 0.1) is 6.92 Å². The van der Waals surface area contributed by atoms with Crippen molar-refractivity contribution in [1.29, 1.82) is 0 Å². The van der Waals surface area contributed by atoms with Crippen molar-refractivity contribution in [3.63, 3.8) is 0 Å². The van der Waals surface area contributed by atoms with Gasteiger partial charge >= 0.3 is 0 Å². The predicted molar refractivity (Wildman–Crippen MR) is 84.4 cm³/mol. The zero-order valence-electron chi connectivity index (χ0n) is 13.0. The van der Waals surface area contributed by atoms with Gasteiger partial charge in [-0.05, 0) is 43.5 Å². The van der Waals surface area contributed by atoms with Crippen LogP contribution in [0.2, 0.25) is 0 Å². The van der Waals surface area contributed by atoms with E-state index in [2.05, 4.69) is 4.72 Å². The summed E-state index contributed by atoms with van der Waals surface area (Å²) in [5.74, 6) is 0.0939. The number of rotatable bonds is 7. The lowest BCUT2D eigenvalue weighted by atomic mass is 10.2. The number of ether oxygens (including phenoxy) is 1. The number of benzene rings is 1. The summed E-state index contributed by atoms with van der Waals surface area (Å²) in [5.41, 5.74) is 1.58. The van der Waals surface area contributed by atoms with Crippen molar-refractivity contribution < 1.29 is 17.9 Å². The van der Waals surface area contributed by atoms with E-state index in [1.807, 2.05) is 6.92 Å². The summed E-state index contributed by atoms with van der Waals surface area (Å²) < 4.78 is 31.9. The molecule has 1 aromatic rings. The van der Waals surface area contributed by atoms with Crippen LogP contribution in [0.4, 0.5) is 5.69 Å². The van der Waals surface area contributed by atoms with Crippen LogP contribution >= 0.6 is 0 Å². The van der Waals surface area contributed by atoms with Crippen molar-refractivity contribution in [3.05, 3.63) is 23.8 Å². The van der Waals surface area contributed by atoms with Gasteiger partial charge in [-0.15, -0.1) is 0 Å². The standard InChI is InChI=1S/C15H22N2O4S/c1-12-11-13(22(19,20)16-8-4-10-21-2)6-7-14(12)17-9-3-5-15(17)18/h6-7,11,16H,3-5,8-10H2,1-2H3. The van der Waals surface area contributed by atoms with Crippen LogP contribution in [0.1, 0.15) is 24.8 Å². The first kappa shape index (κ1) is 16.9. The van der Waals surface area contributed by atoms with Crippen LogP contribution < -0.4 is 9.62 Å². The van der Waals surface area contributed by atoms with Crippen LogP contribution in [-0.4, -0.2) is 41.1 Å². The van der Waals surface area contributed by atoms with Gasteiger partial charge in [0.1, 0.15) is 0 Å². The SMILES string of the molecule is COCCCNS(=O)(=O)c1ccc(N2CCCC2=O)c(C)c1. The Morgan fingerprint density at radius 1 is 1.36 bits per heavy atom. The average molecular weight is 326 g/mol. The third-order valence-corrected chi connectivity index (χ3v) is 5.12. The second kappa shape index (κ2) is 7.21. The molecular formula is C15H22N2O4S. The Kier molecular flexibility index (Phi) is 5.55. The van der Waals surface area contributed by atoms with E-state index in [9.17, 15) is 13.2 Å². The molecule has 0 radical (unpaired) electrons. The first-order chi connectivity index (χ1) is 10.5. The number of nitrogens with zero attached hydrogens (tertiary/aromatic N) is 1. The van der Waals surface area contributed by atoms with Crippen molar-refractivity contribution in [3.8, 4) is 0 Å². The highest BCUT2D eigenvalue weighted by Crippen LogP contribution is 2.27. The molecule has 1 saturated heterocycles. The number of hydrogen-bond acceptors (Lipinski definition) is 4. The van der Waals surface area contributed by atoms with E-state index in [1.165, 1.54) is 0 Å². The molecule has 1 aliphatic heterocycles. The summed E-state index contributed by atoms with van der Waals surface area (Å²) in [4.78, 5) is 13.7. The molecule has 0 atom stereocenters. The summed E-state index contributed by atoms with van der Waals surface area (Å²) in [7, 11) is -1.95. The molecule has 0 saturated carbocycles. The fourth-order valence-electron chi connectivity index (χ4n) is 2.51. The quantitative estimate of drug-likeness (QED) is 0.769. The minimum absolute atomic E-state index is 0.0939. The molecule has 1 fully saturated rings. The van der Waals surface area contributed by atoms with E-state index in [0.29, 0.717) is 32.5 Å². The van der Waals surface area contributed by atoms with E-state index in [4.69, 9.17) is 4.74 Å². The minimum Gasteiger partial charge on any atom is -0.385 e. The second-order valence-corrected chi connectivity index (χ2v) is 7.11. The molecule has 1 aliphatic rings. The van der Waals surface area contributed by atoms with Crippen LogP contribution in [0.15, 0.2) is 23.1 Å². The molecule has 122 valence electrons. The monoisotopic (exact) mass is 326 g/mol. The fraction of sp³-hybridized carbons (Fsp3) is 0.533. The molecule has 0 aromatic heterocycles. The van der Waals surface area contributed by atoms with Crippen molar-refractivity contribution in [2.24, 2.45) is 0 Å². The maximum Gasteiger partial charge on any atom is 0.240 e. The van der Waals surface area contributed by atoms with Gasteiger partial charge in [-0.1, -0.05) is 0 Å². The lowest BCUT2D eigenvalue weighted by Gasteiger charge is -2.19. The maximum absolute atomic E-state index is 12.2. The number of methoxy groups -OCH3 is 1. The minimum atomic E-state index is -3.53. The van der Waals surface area contributed by atoms with E-state index < -0.39 is 10.0 Å². The highest BCUT2D eigenvalue weighted by Gasteiger charge is 2.24. The molecule has 1 aromatic carbocycles. The van der Waals surface area contributed by atoms with Crippen LogP contribution in [0.25, 0.3) is 0 Å². The molecule has 22 heavy (non-hydrogen) atoms. The van der Waals surface area contributed by atoms with Gasteiger partial charge in [0.15, 0.2) is 0 Å². The zero-order valence-corrected chi connectivity index (χ0v) is 13.8. The van der Waals surface area contributed by atoms with Crippen molar-refractivity contribution in [2.75, 3.05) is 31.7 Å². The largest absolute Gasteiger partial charge is 0.385 e. The van der Waals surface area contributed by atoms with E-state index >= 15 is 0 Å². The van der Waals surface area contributed by atoms with E-state index in [-0.39, 0.29) is 10.8 Å². The van der Waals surface area contributed by atoms with Crippen LogP contribution in [-0.2, 0) is 19.6 Å². The number of hydrogen-bond donors (Lipinski definition) is 1. The topological polar surface area (TPSA) is 75.7 Å². The first-order valence-electron chi connectivity index (χ1n) is 7.35. The van der Waals surface area contributed by atoms with E-state index in [0.717, 1.165) is 17.7 Å². The number of aryl methyl sites for hydroxylation is 1. The summed E-state index contributed by atoms with van der Waals surface area (Å²) in [5, 5.41) is 0. The summed E-state index contributed by atoms with van der Waals surface area (Å²) in [6, 6.07) is 4.87. The number of sulfonamides is 1. The van der Waals surface area contributed by atoms with E-state index in [1.54, 1.807) is 30.2 Å². The lowest BCUT2D eigenvalue weighted by Crippen LogP contribution is -2.27. The van der Waals surface area contributed by atoms with Gasteiger partial charge in [-0.3, -0.25) is 4.79 Å². The van der Waals surface area contributed by atoms with Crippen molar-refractivity contribution in [2.45, 2.75) is 31.1 Å². The van der Waals surface area contributed by atoms with Crippen LogP contribution in [0.3, 0.4) is 0 Å². The predicted octanol–water partition coefficient (Wildman–Crippen LogP) is 1.44. The highest BCUT2D eigenvalue weighted by molar-refractivity contribution is 7.89. The molecule has 0 unspecified atom stereocenters. The molecule has 2 rings (SSSR count). The number of carbonyl (C=O) groups excluding carboxylic acids is 1. The lowest BCUT2D eigenvalue weighted by molar-refractivity contribution is -0.117. The molecule has 1 N–H and O–H groups in total. The van der Waals surface area contributed by atoms with Gasteiger partial charge < -0.3 is 9.64 Å². The van der Waals surface area contributed by atoms with Gasteiger partial charge in [0.25, 0.3) is 0 Å². The summed E-state index contributed by atoms with van der Waals surface area (Å²) in [6.45, 7) is 3.37. The third-order valence-electron chi connectivity index (χ3n) is 3.66. The molecule has 0 aliphatic carbocycles. The van der Waals surface area contributed by atoms with Gasteiger partial charge in [0.05, 0.1) is 4.90 Å². The molecule has 0 bridgehead atoms. The van der Waals surface area contributed by atoms with Gasteiger partial charge in [0.2, 0.25) is 15.9 Å². The molecule has 1 heterocycles. The molecule has 1 amide bonds. The van der Waals surface area contributed by atoms with Gasteiger partial charge in [-0.2, -0.15) is 0 Å². The number of anilines is 1. The Morgan fingerprint density at radius 2 is 2.14 bits per heavy atom. The Hall–Kier alpha value is -1.44. The highest BCUT2D eigenvalue weighted by atomic mass is 32.2. The van der Waals surface area contributed by atoms with Gasteiger partial charge in [0, 0.05) is 38.9 Å². The maximum atomic E-state index is 12.2. The first-order valence-corrected chi connectivity index (χ1v) is 8.83. The number of carbonyl (C=O) groups is 1. The molecule has 6 nitrogen and oxygen atoms in total. The van der Waals surface area contributed by atoms with Gasteiger partial charge in [-0.25, -0.2) is 13.1 Å². The van der Waals surface area contributed by atoms with Crippen LogP contribution in [0.5, 0.6) is 0 Å². The van der Waals surface area contributed by atoms with Crippen molar-refractivity contribution in [1.82, 2.24) is 4.72 Å². The Bertz CT molecular complexity index is 643. The number of amides is 1. The summed E-state index contributed by atoms with van der Waals surface area (Å²) >= 11 is 0. The molecule has 0 spiro atoms. The summed E-state index contributed by atoms with van der Waals surface area (Å²) in [6.07, 6.45) is 2.02. The fourth-order valence-corrected chi connectivity index (χ4v) is 3.67. The Balaban J connectivity index is 2.13. The average Bonchev–Trinajstić information content (AvgIpc) is 2.89. The Morgan fingerprint density at radius 3 is 2.73 bits per heavy atom. The zero-order chi connectivity index (χ0) is 16.2. The smallest absolute Gasteiger partial charge is 0.240 e. The normalized spacial score (nSPS) is 15.5. The second-order valence-electron chi connectivity index (χ2n) is 5.34. The molecule has 7 heteroatoms. The number of nitrogens with one attached hydrogen (secondary N) is 1. The molecular weight excluding hydrogens is 304 g/mol. The van der Waals surface area contributed by atoms with Crippen molar-refractivity contribution >= 4 is 21.6 Å². The Labute approximate surface area is 131 Å².